The molecule has 0 spiro atoms. The van der Waals surface area contributed by atoms with Gasteiger partial charge >= 0.3 is 5.97 Å². The number of rotatable bonds is 5. The Morgan fingerprint density at radius 2 is 1.79 bits per heavy atom. The Balaban J connectivity index is 1.77. The summed E-state index contributed by atoms with van der Waals surface area (Å²) in [6.07, 6.45) is 0. The van der Waals surface area contributed by atoms with Gasteiger partial charge in [-0.25, -0.2) is 0 Å². The zero-order chi connectivity index (χ0) is 20.8. The van der Waals surface area contributed by atoms with Gasteiger partial charge in [-0.05, 0) is 39.3 Å². The zero-order valence-corrected chi connectivity index (χ0v) is 16.9. The standard InChI is InChI=1S/C19H23N3O5S/c1-9(14(23)21-10(2)18(26)27)20-15(24)13-19(3,4)28-17-12-8-6-5-7-11(12)16(25)22(13)17/h5-10,13,17H,1-4H3,(H,20,24)(H,21,23)(H,26,27)/t9-,10+,13-,17-/m0/s1. The number of benzene rings is 1. The second-order valence-corrected chi connectivity index (χ2v) is 9.31. The number of carbonyl (C=O) groups is 4. The average molecular weight is 405 g/mol. The number of thioether (sulfide) groups is 1. The van der Waals surface area contributed by atoms with E-state index in [0.717, 1.165) is 5.56 Å². The van der Waals surface area contributed by atoms with Gasteiger partial charge in [0.05, 0.1) is 0 Å². The lowest BCUT2D eigenvalue weighted by atomic mass is 10.0. The molecule has 3 amide bonds. The minimum atomic E-state index is -1.16. The second-order valence-electron chi connectivity index (χ2n) is 7.57. The van der Waals surface area contributed by atoms with Gasteiger partial charge < -0.3 is 20.6 Å². The van der Waals surface area contributed by atoms with E-state index in [1.807, 2.05) is 26.0 Å². The number of nitrogens with zero attached hydrogens (tertiary/aromatic N) is 1. The van der Waals surface area contributed by atoms with Crippen molar-refractivity contribution in [2.24, 2.45) is 0 Å². The minimum Gasteiger partial charge on any atom is -0.480 e. The van der Waals surface area contributed by atoms with E-state index in [-0.39, 0.29) is 11.3 Å². The molecular weight excluding hydrogens is 382 g/mol. The molecule has 0 saturated carbocycles. The van der Waals surface area contributed by atoms with Crippen molar-refractivity contribution in [3.63, 3.8) is 0 Å². The molecule has 1 aromatic rings. The number of carboxylic acid groups (broad SMARTS) is 1. The number of hydrogen-bond donors (Lipinski definition) is 3. The molecule has 3 rings (SSSR count). The summed E-state index contributed by atoms with van der Waals surface area (Å²) in [5.74, 6) is -2.40. The first-order chi connectivity index (χ1) is 13.0. The summed E-state index contributed by atoms with van der Waals surface area (Å²) in [7, 11) is 0. The Morgan fingerprint density at radius 3 is 2.43 bits per heavy atom. The van der Waals surface area contributed by atoms with Gasteiger partial charge in [0, 0.05) is 10.3 Å². The number of hydrogen-bond acceptors (Lipinski definition) is 5. The fourth-order valence-corrected chi connectivity index (χ4v) is 5.15. The number of carbonyl (C=O) groups excluding carboxylic acids is 3. The van der Waals surface area contributed by atoms with Gasteiger partial charge in [-0.3, -0.25) is 19.2 Å². The summed E-state index contributed by atoms with van der Waals surface area (Å²) in [6, 6.07) is 4.55. The van der Waals surface area contributed by atoms with E-state index in [1.165, 1.54) is 25.6 Å². The quantitative estimate of drug-likeness (QED) is 0.676. The first-order valence-corrected chi connectivity index (χ1v) is 9.85. The van der Waals surface area contributed by atoms with Gasteiger partial charge in [-0.1, -0.05) is 18.2 Å². The highest BCUT2D eigenvalue weighted by Crippen LogP contribution is 2.56. The normalized spacial score (nSPS) is 24.1. The van der Waals surface area contributed by atoms with Crippen LogP contribution in [0.1, 0.15) is 49.0 Å². The van der Waals surface area contributed by atoms with Crippen LogP contribution in [0.3, 0.4) is 0 Å². The summed E-state index contributed by atoms with van der Waals surface area (Å²) >= 11 is 1.54. The van der Waals surface area contributed by atoms with Gasteiger partial charge in [-0.15, -0.1) is 11.8 Å². The van der Waals surface area contributed by atoms with Crippen molar-refractivity contribution in [1.82, 2.24) is 15.5 Å². The molecule has 2 aliphatic rings. The fourth-order valence-electron chi connectivity index (χ4n) is 3.56. The minimum absolute atomic E-state index is 0.199. The maximum absolute atomic E-state index is 13.0. The Kier molecular flexibility index (Phi) is 5.14. The molecule has 0 unspecified atom stereocenters. The van der Waals surface area contributed by atoms with E-state index in [0.29, 0.717) is 5.56 Å². The maximum Gasteiger partial charge on any atom is 0.325 e. The lowest BCUT2D eigenvalue weighted by Gasteiger charge is -2.30. The first-order valence-electron chi connectivity index (χ1n) is 8.97. The van der Waals surface area contributed by atoms with Crippen LogP contribution in [0.25, 0.3) is 0 Å². The molecule has 4 atom stereocenters. The van der Waals surface area contributed by atoms with E-state index in [1.54, 1.807) is 17.0 Å². The Hall–Kier alpha value is -2.55. The molecule has 0 radical (unpaired) electrons. The fraction of sp³-hybridized carbons (Fsp3) is 0.474. The van der Waals surface area contributed by atoms with Crippen LogP contribution in [0.15, 0.2) is 24.3 Å². The third kappa shape index (κ3) is 3.34. The van der Waals surface area contributed by atoms with E-state index in [9.17, 15) is 19.2 Å². The summed E-state index contributed by atoms with van der Waals surface area (Å²) in [5.41, 5.74) is 1.48. The van der Waals surface area contributed by atoms with Crippen LogP contribution in [-0.4, -0.2) is 56.6 Å². The third-order valence-corrected chi connectivity index (χ3v) is 6.56. The van der Waals surface area contributed by atoms with Crippen molar-refractivity contribution in [3.8, 4) is 0 Å². The van der Waals surface area contributed by atoms with Crippen molar-refractivity contribution in [3.05, 3.63) is 35.4 Å². The van der Waals surface area contributed by atoms with E-state index < -0.39 is 40.7 Å². The predicted octanol–water partition coefficient (Wildman–Crippen LogP) is 1.13. The molecule has 2 heterocycles. The third-order valence-electron chi connectivity index (χ3n) is 5.03. The van der Waals surface area contributed by atoms with E-state index in [2.05, 4.69) is 10.6 Å². The lowest BCUT2D eigenvalue weighted by molar-refractivity contribution is -0.141. The van der Waals surface area contributed by atoms with Crippen LogP contribution in [0.5, 0.6) is 0 Å². The SMILES string of the molecule is C[C@H](NC(=O)[C@@H]1N2C(=O)c3ccccc3[C@@H]2SC1(C)C)C(=O)N[C@H](C)C(=O)O. The molecule has 0 aromatic heterocycles. The largest absolute Gasteiger partial charge is 0.480 e. The molecule has 0 bridgehead atoms. The molecule has 9 heteroatoms. The summed E-state index contributed by atoms with van der Waals surface area (Å²) in [5, 5.41) is 13.6. The number of aliphatic carboxylic acids is 1. The zero-order valence-electron chi connectivity index (χ0n) is 16.1. The van der Waals surface area contributed by atoms with Crippen LogP contribution in [-0.2, 0) is 14.4 Å². The Bertz CT molecular complexity index is 856. The highest BCUT2D eigenvalue weighted by Gasteiger charge is 2.57. The monoisotopic (exact) mass is 405 g/mol. The van der Waals surface area contributed by atoms with Crippen LogP contribution in [0.4, 0.5) is 0 Å². The molecule has 1 aromatic carbocycles. The van der Waals surface area contributed by atoms with Crippen LogP contribution < -0.4 is 10.6 Å². The smallest absolute Gasteiger partial charge is 0.325 e. The van der Waals surface area contributed by atoms with Crippen LogP contribution >= 0.6 is 11.8 Å². The van der Waals surface area contributed by atoms with Crippen molar-refractivity contribution in [2.75, 3.05) is 0 Å². The Morgan fingerprint density at radius 1 is 1.14 bits per heavy atom. The molecule has 8 nitrogen and oxygen atoms in total. The van der Waals surface area contributed by atoms with Gasteiger partial charge in [-0.2, -0.15) is 0 Å². The van der Waals surface area contributed by atoms with Crippen molar-refractivity contribution < 1.29 is 24.3 Å². The average Bonchev–Trinajstić information content (AvgIpc) is 3.04. The highest BCUT2D eigenvalue weighted by atomic mass is 32.2. The van der Waals surface area contributed by atoms with E-state index in [4.69, 9.17) is 5.11 Å². The molecule has 3 N–H and O–H groups in total. The van der Waals surface area contributed by atoms with Crippen molar-refractivity contribution >= 4 is 35.5 Å². The highest BCUT2D eigenvalue weighted by molar-refractivity contribution is 8.01. The lowest BCUT2D eigenvalue weighted by Crippen LogP contribution is -2.57. The Labute approximate surface area is 167 Å². The number of carboxylic acids is 1. The predicted molar refractivity (Wildman–Crippen MR) is 104 cm³/mol. The van der Waals surface area contributed by atoms with Gasteiger partial charge in [0.2, 0.25) is 11.8 Å². The van der Waals surface area contributed by atoms with Gasteiger partial charge in [0.25, 0.3) is 5.91 Å². The molecule has 1 saturated heterocycles. The maximum atomic E-state index is 13.0. The number of nitrogens with one attached hydrogen (secondary N) is 2. The van der Waals surface area contributed by atoms with E-state index >= 15 is 0 Å². The van der Waals surface area contributed by atoms with Crippen LogP contribution in [0, 0.1) is 0 Å². The van der Waals surface area contributed by atoms with Gasteiger partial charge in [0.15, 0.2) is 0 Å². The second kappa shape index (κ2) is 7.12. The van der Waals surface area contributed by atoms with Gasteiger partial charge in [0.1, 0.15) is 23.5 Å². The molecular formula is C19H23N3O5S. The van der Waals surface area contributed by atoms with Crippen LogP contribution in [0.2, 0.25) is 0 Å². The molecule has 2 aliphatic heterocycles. The number of fused-ring (bicyclic) bond motifs is 3. The summed E-state index contributed by atoms with van der Waals surface area (Å²) < 4.78 is -0.553. The van der Waals surface area contributed by atoms with Crippen molar-refractivity contribution in [2.45, 2.75) is 55.9 Å². The number of amides is 3. The molecule has 28 heavy (non-hydrogen) atoms. The first kappa shape index (κ1) is 20.2. The topological polar surface area (TPSA) is 116 Å². The summed E-state index contributed by atoms with van der Waals surface area (Å²) in [4.78, 5) is 50.6. The molecule has 150 valence electrons. The molecule has 1 fully saturated rings. The van der Waals surface area contributed by atoms with Crippen molar-refractivity contribution in [1.29, 1.82) is 0 Å². The molecule has 0 aliphatic carbocycles. The summed E-state index contributed by atoms with van der Waals surface area (Å²) in [6.45, 7) is 6.62.